The van der Waals surface area contributed by atoms with E-state index in [4.69, 9.17) is 9.90 Å². The molecule has 0 heterocycles. The summed E-state index contributed by atoms with van der Waals surface area (Å²) in [4.78, 5) is 8.36. The van der Waals surface area contributed by atoms with Gasteiger partial charge in [0.2, 0.25) is 0 Å². The number of hydrogen-bond donors (Lipinski definition) is 1. The zero-order valence-corrected chi connectivity index (χ0v) is 8.95. The van der Waals surface area contributed by atoms with Gasteiger partial charge in [0, 0.05) is 0 Å². The summed E-state index contributed by atoms with van der Waals surface area (Å²) in [6.07, 6.45) is 4.62. The molecule has 0 radical (unpaired) electrons. The molecule has 1 aromatic rings. The second-order valence-electron chi connectivity index (χ2n) is 3.19. The molecule has 0 saturated carbocycles. The molecule has 0 aliphatic rings. The van der Waals surface area contributed by atoms with Crippen LogP contribution < -0.4 is 0 Å². The Labute approximate surface area is 89.7 Å². The predicted octanol–water partition coefficient (Wildman–Crippen LogP) is 3.26. The molecule has 0 aliphatic carbocycles. The number of unbranched alkanes of at least 4 members (excludes halogenated alkanes) is 2. The van der Waals surface area contributed by atoms with E-state index in [1.54, 1.807) is 12.1 Å². The van der Waals surface area contributed by atoms with Gasteiger partial charge in [-0.05, 0) is 30.5 Å². The SMILES string of the molecule is CCCCCc1cccc(F)c1.O=CO. The van der Waals surface area contributed by atoms with Crippen LogP contribution in [0.3, 0.4) is 0 Å². The van der Waals surface area contributed by atoms with Crippen LogP contribution in [0.25, 0.3) is 0 Å². The maximum Gasteiger partial charge on any atom is 0.290 e. The molecule has 0 aliphatic heterocycles. The second kappa shape index (κ2) is 9.19. The van der Waals surface area contributed by atoms with Crippen LogP contribution in [0.2, 0.25) is 0 Å². The second-order valence-corrected chi connectivity index (χ2v) is 3.19. The Bertz CT molecular complexity index is 274. The summed E-state index contributed by atoms with van der Waals surface area (Å²) in [5.41, 5.74) is 1.11. The molecule has 0 spiro atoms. The lowest BCUT2D eigenvalue weighted by Crippen LogP contribution is -1.85. The first-order valence-electron chi connectivity index (χ1n) is 5.06. The minimum absolute atomic E-state index is 0.121. The minimum Gasteiger partial charge on any atom is -0.483 e. The van der Waals surface area contributed by atoms with E-state index in [0.29, 0.717) is 0 Å². The van der Waals surface area contributed by atoms with E-state index >= 15 is 0 Å². The molecule has 0 bridgehead atoms. The van der Waals surface area contributed by atoms with Gasteiger partial charge in [0.05, 0.1) is 0 Å². The van der Waals surface area contributed by atoms with Crippen LogP contribution in [0.5, 0.6) is 0 Å². The largest absolute Gasteiger partial charge is 0.483 e. The van der Waals surface area contributed by atoms with E-state index in [-0.39, 0.29) is 12.3 Å². The monoisotopic (exact) mass is 212 g/mol. The van der Waals surface area contributed by atoms with Crippen molar-refractivity contribution < 1.29 is 14.3 Å². The van der Waals surface area contributed by atoms with Gasteiger partial charge in [0.25, 0.3) is 6.47 Å². The van der Waals surface area contributed by atoms with E-state index in [1.807, 2.05) is 6.07 Å². The average Bonchev–Trinajstić information content (AvgIpc) is 2.19. The van der Waals surface area contributed by atoms with Crippen molar-refractivity contribution in [1.82, 2.24) is 0 Å². The molecule has 0 fully saturated rings. The van der Waals surface area contributed by atoms with Crippen molar-refractivity contribution in [1.29, 1.82) is 0 Å². The van der Waals surface area contributed by atoms with Crippen LogP contribution in [-0.4, -0.2) is 11.6 Å². The van der Waals surface area contributed by atoms with Gasteiger partial charge in [-0.3, -0.25) is 4.79 Å². The predicted molar refractivity (Wildman–Crippen MR) is 58.3 cm³/mol. The average molecular weight is 212 g/mol. The molecular formula is C12H17FO2. The number of benzene rings is 1. The Kier molecular flexibility index (Phi) is 8.34. The summed E-state index contributed by atoms with van der Waals surface area (Å²) in [6.45, 7) is 1.92. The fraction of sp³-hybridized carbons (Fsp3) is 0.417. The number of aryl methyl sites for hydroxylation is 1. The lowest BCUT2D eigenvalue weighted by atomic mass is 10.1. The molecule has 0 atom stereocenters. The minimum atomic E-state index is -0.250. The first-order chi connectivity index (χ1) is 7.24. The summed E-state index contributed by atoms with van der Waals surface area (Å²) in [7, 11) is 0. The number of halogens is 1. The van der Waals surface area contributed by atoms with Crippen LogP contribution >= 0.6 is 0 Å². The van der Waals surface area contributed by atoms with Gasteiger partial charge in [-0.2, -0.15) is 0 Å². The smallest absolute Gasteiger partial charge is 0.290 e. The van der Waals surface area contributed by atoms with Crippen molar-refractivity contribution in [2.45, 2.75) is 32.6 Å². The number of hydrogen-bond acceptors (Lipinski definition) is 1. The van der Waals surface area contributed by atoms with Gasteiger partial charge in [0.15, 0.2) is 0 Å². The number of rotatable bonds is 4. The van der Waals surface area contributed by atoms with Crippen molar-refractivity contribution in [2.75, 3.05) is 0 Å². The molecule has 0 saturated heterocycles. The number of carboxylic acid groups (broad SMARTS) is 1. The Morgan fingerprint density at radius 1 is 1.40 bits per heavy atom. The van der Waals surface area contributed by atoms with Gasteiger partial charge in [-0.25, -0.2) is 4.39 Å². The fourth-order valence-corrected chi connectivity index (χ4v) is 1.27. The molecule has 2 nitrogen and oxygen atoms in total. The standard InChI is InChI=1S/C11H15F.CH2O2/c1-2-3-4-6-10-7-5-8-11(12)9-10;2-1-3/h5,7-9H,2-4,6H2,1H3;1H,(H,2,3). The summed E-state index contributed by atoms with van der Waals surface area (Å²) in [5, 5.41) is 6.89. The summed E-state index contributed by atoms with van der Waals surface area (Å²) in [5.74, 6) is -0.121. The first-order valence-corrected chi connectivity index (χ1v) is 5.06. The molecule has 15 heavy (non-hydrogen) atoms. The van der Waals surface area contributed by atoms with Crippen molar-refractivity contribution in [3.05, 3.63) is 35.6 Å². The molecule has 0 aromatic heterocycles. The van der Waals surface area contributed by atoms with E-state index in [1.165, 1.54) is 25.3 Å². The number of carbonyl (C=O) groups is 1. The Morgan fingerprint density at radius 2 is 2.07 bits per heavy atom. The highest BCUT2D eigenvalue weighted by atomic mass is 19.1. The third kappa shape index (κ3) is 7.67. The summed E-state index contributed by atoms with van der Waals surface area (Å²) in [6, 6.07) is 6.87. The van der Waals surface area contributed by atoms with Gasteiger partial charge >= 0.3 is 0 Å². The topological polar surface area (TPSA) is 37.3 Å². The van der Waals surface area contributed by atoms with Gasteiger partial charge < -0.3 is 5.11 Å². The van der Waals surface area contributed by atoms with E-state index in [9.17, 15) is 4.39 Å². The maximum atomic E-state index is 12.7. The fourth-order valence-electron chi connectivity index (χ4n) is 1.27. The van der Waals surface area contributed by atoms with Crippen molar-refractivity contribution in [3.8, 4) is 0 Å². The Balaban J connectivity index is 0.000000583. The quantitative estimate of drug-likeness (QED) is 0.614. The lowest BCUT2D eigenvalue weighted by molar-refractivity contribution is -0.122. The molecule has 1 rings (SSSR count). The lowest BCUT2D eigenvalue weighted by Gasteiger charge is -1.99. The molecule has 0 unspecified atom stereocenters. The normalized spacial score (nSPS) is 8.93. The van der Waals surface area contributed by atoms with Crippen LogP contribution in [0, 0.1) is 5.82 Å². The van der Waals surface area contributed by atoms with Gasteiger partial charge in [-0.15, -0.1) is 0 Å². The molecule has 1 N–H and O–H groups in total. The highest BCUT2D eigenvalue weighted by Crippen LogP contribution is 2.08. The van der Waals surface area contributed by atoms with Crippen molar-refractivity contribution >= 4 is 6.47 Å². The first kappa shape index (κ1) is 13.6. The maximum absolute atomic E-state index is 12.7. The third-order valence-electron chi connectivity index (χ3n) is 1.96. The van der Waals surface area contributed by atoms with Crippen molar-refractivity contribution in [2.24, 2.45) is 0 Å². The molecule has 0 amide bonds. The van der Waals surface area contributed by atoms with Crippen LogP contribution in [0.1, 0.15) is 31.7 Å². The van der Waals surface area contributed by atoms with Gasteiger partial charge in [0.1, 0.15) is 5.82 Å². The summed E-state index contributed by atoms with van der Waals surface area (Å²) >= 11 is 0. The van der Waals surface area contributed by atoms with Crippen LogP contribution in [-0.2, 0) is 11.2 Å². The van der Waals surface area contributed by atoms with Crippen molar-refractivity contribution in [3.63, 3.8) is 0 Å². The highest BCUT2D eigenvalue weighted by Gasteiger charge is 1.94. The zero-order chi connectivity index (χ0) is 11.5. The molecule has 1 aromatic carbocycles. The van der Waals surface area contributed by atoms with Gasteiger partial charge in [-0.1, -0.05) is 31.9 Å². The zero-order valence-electron chi connectivity index (χ0n) is 8.95. The van der Waals surface area contributed by atoms with Crippen LogP contribution in [0.4, 0.5) is 4.39 Å². The van der Waals surface area contributed by atoms with E-state index in [0.717, 1.165) is 12.0 Å². The van der Waals surface area contributed by atoms with E-state index < -0.39 is 0 Å². The third-order valence-corrected chi connectivity index (χ3v) is 1.96. The van der Waals surface area contributed by atoms with Crippen LogP contribution in [0.15, 0.2) is 24.3 Å². The molecule has 84 valence electrons. The Morgan fingerprint density at radius 3 is 2.60 bits per heavy atom. The highest BCUT2D eigenvalue weighted by molar-refractivity contribution is 5.32. The summed E-state index contributed by atoms with van der Waals surface area (Å²) < 4.78 is 12.7. The Hall–Kier alpha value is -1.38. The molecular weight excluding hydrogens is 195 g/mol. The molecule has 3 heteroatoms. The van der Waals surface area contributed by atoms with E-state index in [2.05, 4.69) is 6.92 Å².